The Balaban J connectivity index is 3.11. The van der Waals surface area contributed by atoms with E-state index in [4.69, 9.17) is 5.26 Å². The average Bonchev–Trinajstić information content (AvgIpc) is 2.26. The standard InChI is InChI=1S/C14H21N/c1-2-3-4-5-6-7-8-9-10-11-12-13-14-15/h2,4-5,11-12H,1,3,6-10,13H2/b5-4+,12-11+. The second-order valence-corrected chi connectivity index (χ2v) is 3.47. The molecule has 1 heteroatoms. The first-order valence-corrected chi connectivity index (χ1v) is 5.69. The van der Waals surface area contributed by atoms with Crippen LogP contribution in [0.4, 0.5) is 0 Å². The van der Waals surface area contributed by atoms with Crippen molar-refractivity contribution < 1.29 is 0 Å². The van der Waals surface area contributed by atoms with Gasteiger partial charge in [-0.05, 0) is 32.1 Å². The summed E-state index contributed by atoms with van der Waals surface area (Å²) in [5.74, 6) is 0. The van der Waals surface area contributed by atoms with Crippen molar-refractivity contribution in [3.05, 3.63) is 37.0 Å². The molecule has 0 N–H and O–H groups in total. The summed E-state index contributed by atoms with van der Waals surface area (Å²) in [6.45, 7) is 3.66. The molecule has 0 aliphatic rings. The molecule has 0 aliphatic heterocycles. The maximum Gasteiger partial charge on any atom is 0.0663 e. The largest absolute Gasteiger partial charge is 0.198 e. The van der Waals surface area contributed by atoms with Crippen LogP contribution in [0.25, 0.3) is 0 Å². The quantitative estimate of drug-likeness (QED) is 0.398. The van der Waals surface area contributed by atoms with Crippen molar-refractivity contribution in [1.29, 1.82) is 5.26 Å². The molecule has 0 aromatic heterocycles. The van der Waals surface area contributed by atoms with Crippen molar-refractivity contribution in [2.24, 2.45) is 0 Å². The Morgan fingerprint density at radius 3 is 2.20 bits per heavy atom. The van der Waals surface area contributed by atoms with E-state index in [0.29, 0.717) is 6.42 Å². The second kappa shape index (κ2) is 12.7. The van der Waals surface area contributed by atoms with Crippen LogP contribution in [0, 0.1) is 11.3 Å². The molecular weight excluding hydrogens is 182 g/mol. The summed E-state index contributed by atoms with van der Waals surface area (Å²) in [7, 11) is 0. The fourth-order valence-electron chi connectivity index (χ4n) is 1.27. The molecule has 0 amide bonds. The SMILES string of the molecule is C=CC/C=C/CCCCC/C=C/CC#N. The van der Waals surface area contributed by atoms with E-state index in [1.165, 1.54) is 25.7 Å². The molecule has 1 nitrogen and oxygen atoms in total. The van der Waals surface area contributed by atoms with E-state index in [1.807, 2.05) is 12.2 Å². The van der Waals surface area contributed by atoms with Crippen molar-refractivity contribution in [2.45, 2.75) is 44.9 Å². The normalized spacial score (nSPS) is 10.9. The molecule has 0 fully saturated rings. The molecule has 0 heterocycles. The third-order valence-electron chi connectivity index (χ3n) is 2.09. The molecule has 0 spiro atoms. The molecule has 0 rings (SSSR count). The van der Waals surface area contributed by atoms with Crippen molar-refractivity contribution in [2.75, 3.05) is 0 Å². The Morgan fingerprint density at radius 1 is 0.933 bits per heavy atom. The molecular formula is C14H21N. The van der Waals surface area contributed by atoms with Gasteiger partial charge in [0.1, 0.15) is 0 Å². The minimum absolute atomic E-state index is 0.546. The lowest BCUT2D eigenvalue weighted by Gasteiger charge is -1.94. The lowest BCUT2D eigenvalue weighted by Crippen LogP contribution is -1.75. The van der Waals surface area contributed by atoms with Crippen molar-refractivity contribution >= 4 is 0 Å². The van der Waals surface area contributed by atoms with Crippen LogP contribution < -0.4 is 0 Å². The highest BCUT2D eigenvalue weighted by Crippen LogP contribution is 2.04. The van der Waals surface area contributed by atoms with E-state index in [2.05, 4.69) is 30.9 Å². The van der Waals surface area contributed by atoms with E-state index < -0.39 is 0 Å². The number of unbranched alkanes of at least 4 members (excludes halogenated alkanes) is 4. The second-order valence-electron chi connectivity index (χ2n) is 3.47. The maximum atomic E-state index is 8.29. The molecule has 15 heavy (non-hydrogen) atoms. The van der Waals surface area contributed by atoms with E-state index in [1.54, 1.807) is 0 Å². The van der Waals surface area contributed by atoms with Gasteiger partial charge < -0.3 is 0 Å². The summed E-state index contributed by atoms with van der Waals surface area (Å²) in [4.78, 5) is 0. The van der Waals surface area contributed by atoms with Crippen molar-refractivity contribution in [3.8, 4) is 6.07 Å². The third kappa shape index (κ3) is 12.7. The van der Waals surface area contributed by atoms with Gasteiger partial charge >= 0.3 is 0 Å². The highest BCUT2D eigenvalue weighted by molar-refractivity contribution is 4.90. The Hall–Kier alpha value is -1.29. The molecule has 0 saturated carbocycles. The molecule has 0 saturated heterocycles. The van der Waals surface area contributed by atoms with Crippen LogP contribution in [0.5, 0.6) is 0 Å². The predicted octanol–water partition coefficient (Wildman–Crippen LogP) is 4.54. The highest BCUT2D eigenvalue weighted by atomic mass is 14.2. The number of hydrogen-bond acceptors (Lipinski definition) is 1. The number of nitrogens with zero attached hydrogens (tertiary/aromatic N) is 1. The van der Waals surface area contributed by atoms with Crippen LogP contribution in [-0.4, -0.2) is 0 Å². The van der Waals surface area contributed by atoms with Crippen molar-refractivity contribution in [3.63, 3.8) is 0 Å². The maximum absolute atomic E-state index is 8.29. The lowest BCUT2D eigenvalue weighted by molar-refractivity contribution is 0.695. The van der Waals surface area contributed by atoms with Crippen molar-refractivity contribution in [1.82, 2.24) is 0 Å². The summed E-state index contributed by atoms with van der Waals surface area (Å²) in [5.41, 5.74) is 0. The van der Waals surface area contributed by atoms with Gasteiger partial charge in [0.15, 0.2) is 0 Å². The molecule has 0 radical (unpaired) electrons. The Morgan fingerprint density at radius 2 is 1.60 bits per heavy atom. The predicted molar refractivity (Wildman–Crippen MR) is 66.4 cm³/mol. The van der Waals surface area contributed by atoms with Gasteiger partial charge in [-0.15, -0.1) is 6.58 Å². The molecule has 0 atom stereocenters. The van der Waals surface area contributed by atoms with E-state index >= 15 is 0 Å². The van der Waals surface area contributed by atoms with Crippen LogP contribution in [0.3, 0.4) is 0 Å². The van der Waals surface area contributed by atoms with Gasteiger partial charge in [0.05, 0.1) is 12.5 Å². The number of allylic oxidation sites excluding steroid dienone is 5. The molecule has 82 valence electrons. The zero-order chi connectivity index (χ0) is 11.2. The Kier molecular flexibility index (Phi) is 11.6. The molecule has 0 aromatic carbocycles. The summed E-state index contributed by atoms with van der Waals surface area (Å²) in [6.07, 6.45) is 17.9. The molecule has 0 unspecified atom stereocenters. The lowest BCUT2D eigenvalue weighted by atomic mass is 10.1. The number of nitriles is 1. The zero-order valence-corrected chi connectivity index (χ0v) is 9.49. The third-order valence-corrected chi connectivity index (χ3v) is 2.09. The van der Waals surface area contributed by atoms with Crippen LogP contribution in [-0.2, 0) is 0 Å². The minimum Gasteiger partial charge on any atom is -0.198 e. The van der Waals surface area contributed by atoms with E-state index in [0.717, 1.165) is 12.8 Å². The summed E-state index contributed by atoms with van der Waals surface area (Å²) in [5, 5.41) is 8.29. The van der Waals surface area contributed by atoms with Gasteiger partial charge in [-0.2, -0.15) is 5.26 Å². The summed E-state index contributed by atoms with van der Waals surface area (Å²) >= 11 is 0. The van der Waals surface area contributed by atoms with Gasteiger partial charge in [-0.3, -0.25) is 0 Å². The number of hydrogen-bond donors (Lipinski definition) is 0. The van der Waals surface area contributed by atoms with E-state index in [-0.39, 0.29) is 0 Å². The zero-order valence-electron chi connectivity index (χ0n) is 9.49. The van der Waals surface area contributed by atoms with Crippen LogP contribution in [0.15, 0.2) is 37.0 Å². The topological polar surface area (TPSA) is 23.8 Å². The molecule has 0 aliphatic carbocycles. The Labute approximate surface area is 93.8 Å². The average molecular weight is 203 g/mol. The van der Waals surface area contributed by atoms with Gasteiger partial charge in [-0.25, -0.2) is 0 Å². The van der Waals surface area contributed by atoms with Crippen LogP contribution in [0.2, 0.25) is 0 Å². The van der Waals surface area contributed by atoms with Crippen LogP contribution in [0.1, 0.15) is 44.9 Å². The van der Waals surface area contributed by atoms with Gasteiger partial charge in [-0.1, -0.05) is 36.8 Å². The first kappa shape index (κ1) is 13.7. The fraction of sp³-hybridized carbons (Fsp3) is 0.500. The Bertz CT molecular complexity index is 230. The van der Waals surface area contributed by atoms with Gasteiger partial charge in [0, 0.05) is 0 Å². The molecule has 0 aromatic rings. The first-order valence-electron chi connectivity index (χ1n) is 5.69. The van der Waals surface area contributed by atoms with E-state index in [9.17, 15) is 0 Å². The molecule has 0 bridgehead atoms. The van der Waals surface area contributed by atoms with Crippen LogP contribution >= 0.6 is 0 Å². The smallest absolute Gasteiger partial charge is 0.0663 e. The minimum atomic E-state index is 0.546. The van der Waals surface area contributed by atoms with Gasteiger partial charge in [0.2, 0.25) is 0 Å². The summed E-state index contributed by atoms with van der Waals surface area (Å²) in [6, 6.07) is 2.09. The van der Waals surface area contributed by atoms with Gasteiger partial charge in [0.25, 0.3) is 0 Å². The first-order chi connectivity index (χ1) is 7.41. The summed E-state index contributed by atoms with van der Waals surface area (Å²) < 4.78 is 0. The number of rotatable bonds is 9. The highest BCUT2D eigenvalue weighted by Gasteiger charge is 1.85. The fourth-order valence-corrected chi connectivity index (χ4v) is 1.27. The monoisotopic (exact) mass is 203 g/mol.